The van der Waals surface area contributed by atoms with Gasteiger partial charge < -0.3 is 5.11 Å². The zero-order valence-corrected chi connectivity index (χ0v) is 5.66. The molecule has 0 aliphatic heterocycles. The first-order valence-corrected chi connectivity index (χ1v) is 2.82. The van der Waals surface area contributed by atoms with Crippen LogP contribution in [-0.4, -0.2) is 23.4 Å². The summed E-state index contributed by atoms with van der Waals surface area (Å²) < 4.78 is 0. The van der Waals surface area contributed by atoms with Crippen molar-refractivity contribution in [3.05, 3.63) is 0 Å². The number of aliphatic hydroxyl groups is 1. The van der Waals surface area contributed by atoms with Crippen LogP contribution in [0.1, 0.15) is 0 Å². The molecule has 0 spiro atoms. The van der Waals surface area contributed by atoms with Crippen LogP contribution in [0.5, 0.6) is 0 Å². The van der Waals surface area contributed by atoms with Gasteiger partial charge in [0.25, 0.3) is 0 Å². The van der Waals surface area contributed by atoms with Gasteiger partial charge >= 0.3 is 0 Å². The van der Waals surface area contributed by atoms with Gasteiger partial charge in [0.2, 0.25) is 0 Å². The average molecular weight is 150 g/mol. The number of nitrogens with one attached hydrogen (secondary N) is 3. The summed E-state index contributed by atoms with van der Waals surface area (Å²) in [4.78, 5) is 0. The fraction of sp³-hybridized carbons (Fsp3) is 0.667. The van der Waals surface area contributed by atoms with Crippen LogP contribution in [0.25, 0.3) is 0 Å². The highest BCUT2D eigenvalue weighted by Gasteiger charge is 1.85. The van der Waals surface area contributed by atoms with Crippen LogP contribution in [0.3, 0.4) is 0 Å². The van der Waals surface area contributed by atoms with E-state index in [1.54, 1.807) is 0 Å². The molecule has 0 fully saturated rings. The van der Waals surface area contributed by atoms with Gasteiger partial charge in [0.1, 0.15) is 0 Å². The fourth-order valence-electron chi connectivity index (χ4n) is 0.235. The Morgan fingerprint density at radius 3 is 2.78 bits per heavy atom. The van der Waals surface area contributed by atoms with Crippen LogP contribution < -0.4 is 22.1 Å². The SMILES string of the molecule is NNC(=S)NNCCO. The third-order valence-electron chi connectivity index (χ3n) is 0.570. The first-order valence-electron chi connectivity index (χ1n) is 2.41. The lowest BCUT2D eigenvalue weighted by Gasteiger charge is -2.05. The molecule has 6 N–H and O–H groups in total. The molecule has 0 aromatic carbocycles. The maximum atomic E-state index is 8.25. The Hall–Kier alpha value is -0.430. The molecule has 9 heavy (non-hydrogen) atoms. The average Bonchev–Trinajstić information content (AvgIpc) is 1.89. The molecule has 0 aromatic heterocycles. The second kappa shape index (κ2) is 5.70. The van der Waals surface area contributed by atoms with E-state index in [0.717, 1.165) is 0 Å². The number of hydrazine groups is 2. The highest BCUT2D eigenvalue weighted by molar-refractivity contribution is 7.80. The normalized spacial score (nSPS) is 8.67. The fourth-order valence-corrected chi connectivity index (χ4v) is 0.307. The van der Waals surface area contributed by atoms with Gasteiger partial charge in [0, 0.05) is 6.54 Å². The van der Waals surface area contributed by atoms with Crippen LogP contribution in [0.15, 0.2) is 0 Å². The lowest BCUT2D eigenvalue weighted by Crippen LogP contribution is -2.47. The number of hydrogen-bond donors (Lipinski definition) is 5. The molecule has 0 saturated carbocycles. The summed E-state index contributed by atoms with van der Waals surface area (Å²) >= 11 is 4.58. The van der Waals surface area contributed by atoms with E-state index in [-0.39, 0.29) is 6.61 Å². The zero-order valence-electron chi connectivity index (χ0n) is 4.85. The van der Waals surface area contributed by atoms with Crippen LogP contribution in [0.4, 0.5) is 0 Å². The van der Waals surface area contributed by atoms with Gasteiger partial charge in [-0.25, -0.2) is 11.3 Å². The van der Waals surface area contributed by atoms with Gasteiger partial charge in [0.05, 0.1) is 6.61 Å². The van der Waals surface area contributed by atoms with Gasteiger partial charge in [-0.3, -0.25) is 10.9 Å². The van der Waals surface area contributed by atoms with Crippen molar-refractivity contribution in [1.29, 1.82) is 0 Å². The molecule has 0 bridgehead atoms. The monoisotopic (exact) mass is 150 g/mol. The van der Waals surface area contributed by atoms with Crippen LogP contribution >= 0.6 is 12.2 Å². The molecule has 6 heteroatoms. The van der Waals surface area contributed by atoms with E-state index in [1.165, 1.54) is 0 Å². The van der Waals surface area contributed by atoms with E-state index in [0.29, 0.717) is 11.7 Å². The summed E-state index contributed by atoms with van der Waals surface area (Å²) in [6, 6.07) is 0. The lowest BCUT2D eigenvalue weighted by molar-refractivity contribution is 0.289. The lowest BCUT2D eigenvalue weighted by atomic mass is 10.7. The Balaban J connectivity index is 2.97. The molecule has 0 aliphatic carbocycles. The molecule has 0 aliphatic rings. The van der Waals surface area contributed by atoms with E-state index in [1.807, 2.05) is 0 Å². The molecule has 0 heterocycles. The molecule has 0 unspecified atom stereocenters. The smallest absolute Gasteiger partial charge is 0.195 e. The van der Waals surface area contributed by atoms with Crippen molar-refractivity contribution in [1.82, 2.24) is 16.3 Å². The molecule has 0 aromatic rings. The topological polar surface area (TPSA) is 82.3 Å². The minimum absolute atomic E-state index is 0.0557. The zero-order chi connectivity index (χ0) is 7.11. The summed E-state index contributed by atoms with van der Waals surface area (Å²) in [7, 11) is 0. The third-order valence-corrected chi connectivity index (χ3v) is 0.790. The molecule has 5 nitrogen and oxygen atoms in total. The van der Waals surface area contributed by atoms with Crippen molar-refractivity contribution in [2.45, 2.75) is 0 Å². The second-order valence-electron chi connectivity index (χ2n) is 1.25. The minimum Gasteiger partial charge on any atom is -0.395 e. The third kappa shape index (κ3) is 5.44. The van der Waals surface area contributed by atoms with E-state index in [2.05, 4.69) is 28.5 Å². The summed E-state index contributed by atoms with van der Waals surface area (Å²) in [5.74, 6) is 4.90. The van der Waals surface area contributed by atoms with E-state index in [4.69, 9.17) is 10.9 Å². The van der Waals surface area contributed by atoms with Crippen LogP contribution in [-0.2, 0) is 0 Å². The van der Waals surface area contributed by atoms with Crippen LogP contribution in [0.2, 0.25) is 0 Å². The standard InChI is InChI=1S/C3H10N4OS/c4-6-3(9)7-5-1-2-8/h5,8H,1-2,4H2,(H2,6,7,9). The summed E-state index contributed by atoms with van der Waals surface area (Å²) in [6.07, 6.45) is 0. The molecular formula is C3H10N4OS. The summed E-state index contributed by atoms with van der Waals surface area (Å²) in [5, 5.41) is 8.55. The molecule has 0 amide bonds. The maximum absolute atomic E-state index is 8.25. The molecule has 0 rings (SSSR count). The minimum atomic E-state index is 0.0557. The van der Waals surface area contributed by atoms with Crippen molar-refractivity contribution < 1.29 is 5.11 Å². The molecule has 0 saturated heterocycles. The van der Waals surface area contributed by atoms with Gasteiger partial charge in [0.15, 0.2) is 5.11 Å². The number of aliphatic hydroxyl groups excluding tert-OH is 1. The Bertz CT molecular complexity index is 87.9. The number of thiocarbonyl (C=S) groups is 1. The van der Waals surface area contributed by atoms with Crippen molar-refractivity contribution in [3.8, 4) is 0 Å². The Morgan fingerprint density at radius 2 is 2.33 bits per heavy atom. The first kappa shape index (κ1) is 8.57. The summed E-state index contributed by atoms with van der Waals surface area (Å²) in [5.41, 5.74) is 7.32. The van der Waals surface area contributed by atoms with Crippen molar-refractivity contribution in [3.63, 3.8) is 0 Å². The molecule has 0 atom stereocenters. The van der Waals surface area contributed by atoms with Crippen LogP contribution in [0, 0.1) is 0 Å². The highest BCUT2D eigenvalue weighted by Crippen LogP contribution is 1.55. The van der Waals surface area contributed by atoms with E-state index in [9.17, 15) is 0 Å². The van der Waals surface area contributed by atoms with E-state index < -0.39 is 0 Å². The Morgan fingerprint density at radius 1 is 1.67 bits per heavy atom. The maximum Gasteiger partial charge on any atom is 0.195 e. The first-order chi connectivity index (χ1) is 4.31. The predicted octanol–water partition coefficient (Wildman–Crippen LogP) is -2.18. The number of nitrogens with two attached hydrogens (primary N) is 1. The quantitative estimate of drug-likeness (QED) is 0.136. The second-order valence-corrected chi connectivity index (χ2v) is 1.66. The Kier molecular flexibility index (Phi) is 5.43. The summed E-state index contributed by atoms with van der Waals surface area (Å²) in [6.45, 7) is 0.488. The largest absolute Gasteiger partial charge is 0.395 e. The predicted molar refractivity (Wildman–Crippen MR) is 38.1 cm³/mol. The molecule has 0 radical (unpaired) electrons. The van der Waals surface area contributed by atoms with Crippen molar-refractivity contribution >= 4 is 17.3 Å². The molecular weight excluding hydrogens is 140 g/mol. The van der Waals surface area contributed by atoms with E-state index >= 15 is 0 Å². The van der Waals surface area contributed by atoms with Gasteiger partial charge in [-0.2, -0.15) is 0 Å². The van der Waals surface area contributed by atoms with Gasteiger partial charge in [-0.05, 0) is 12.2 Å². The molecule has 54 valence electrons. The van der Waals surface area contributed by atoms with Gasteiger partial charge in [-0.1, -0.05) is 0 Å². The van der Waals surface area contributed by atoms with Crippen molar-refractivity contribution in [2.75, 3.05) is 13.2 Å². The Labute approximate surface area is 58.6 Å². The van der Waals surface area contributed by atoms with Gasteiger partial charge in [-0.15, -0.1) is 0 Å². The van der Waals surface area contributed by atoms with Crippen molar-refractivity contribution in [2.24, 2.45) is 5.84 Å². The number of rotatable bonds is 3. The number of hydrogen-bond acceptors (Lipinski definition) is 4. The highest BCUT2D eigenvalue weighted by atomic mass is 32.1.